The van der Waals surface area contributed by atoms with Gasteiger partial charge in [0.1, 0.15) is 0 Å². The number of carbonyl (C=O) groups is 2. The van der Waals surface area contributed by atoms with E-state index in [4.69, 9.17) is 11.1 Å². The summed E-state index contributed by atoms with van der Waals surface area (Å²) in [5.74, 6) is -0.348. The molecule has 2 aromatic carbocycles. The van der Waals surface area contributed by atoms with Crippen molar-refractivity contribution in [3.8, 4) is 0 Å². The molecule has 3 rings (SSSR count). The van der Waals surface area contributed by atoms with Crippen molar-refractivity contribution in [3.05, 3.63) is 63.6 Å². The van der Waals surface area contributed by atoms with Crippen LogP contribution in [0.1, 0.15) is 21.5 Å². The molecule has 0 fully saturated rings. The van der Waals surface area contributed by atoms with Gasteiger partial charge in [-0.1, -0.05) is 42.1 Å². The normalized spacial score (nSPS) is 12.8. The maximum atomic E-state index is 12.3. The summed E-state index contributed by atoms with van der Waals surface area (Å²) in [7, 11) is 0. The van der Waals surface area contributed by atoms with Crippen molar-refractivity contribution in [2.75, 3.05) is 4.90 Å². The Bertz CT molecular complexity index is 840. The average Bonchev–Trinajstić information content (AvgIpc) is 2.80. The number of amides is 1. The molecule has 1 aliphatic heterocycles. The van der Waals surface area contributed by atoms with Gasteiger partial charge in [-0.3, -0.25) is 19.9 Å². The van der Waals surface area contributed by atoms with Crippen LogP contribution in [0.2, 0.25) is 0 Å². The Balaban J connectivity index is 0.00000225. The van der Waals surface area contributed by atoms with E-state index in [2.05, 4.69) is 15.9 Å². The Labute approximate surface area is 168 Å². The number of benzene rings is 2. The first-order chi connectivity index (χ1) is 11.5. The highest BCUT2D eigenvalue weighted by Crippen LogP contribution is 2.36. The molecule has 0 radical (unpaired) electrons. The first-order valence-electron chi connectivity index (χ1n) is 7.16. The third kappa shape index (κ3) is 4.13. The number of para-hydroxylation sites is 1. The van der Waals surface area contributed by atoms with Crippen LogP contribution < -0.4 is 10.6 Å². The van der Waals surface area contributed by atoms with Crippen molar-refractivity contribution >= 4 is 67.2 Å². The van der Waals surface area contributed by atoms with Crippen LogP contribution in [0, 0.1) is 5.41 Å². The van der Waals surface area contributed by atoms with Crippen LogP contribution in [-0.4, -0.2) is 16.9 Å². The van der Waals surface area contributed by atoms with E-state index in [9.17, 15) is 9.59 Å². The number of fused-ring (bicyclic) bond motifs is 1. The minimum Gasteiger partial charge on any atom is -0.379 e. The Morgan fingerprint density at radius 1 is 1.12 bits per heavy atom. The third-order valence-electron chi connectivity index (χ3n) is 3.70. The number of ketones is 1. The van der Waals surface area contributed by atoms with Crippen LogP contribution in [-0.2, 0) is 17.1 Å². The number of thioether (sulfide) groups is 1. The molecular formula is C17H15Br2N3O2S. The number of hydrogen-bond donors (Lipinski definition) is 2. The lowest BCUT2D eigenvalue weighted by atomic mass is 10.1. The third-order valence-corrected chi connectivity index (χ3v) is 5.13. The van der Waals surface area contributed by atoms with Crippen LogP contribution in [0.3, 0.4) is 0 Å². The molecule has 5 nitrogen and oxygen atoms in total. The summed E-state index contributed by atoms with van der Waals surface area (Å²) in [5.41, 5.74) is 8.37. The highest BCUT2D eigenvalue weighted by molar-refractivity contribution is 9.10. The van der Waals surface area contributed by atoms with Crippen LogP contribution >= 0.6 is 44.7 Å². The van der Waals surface area contributed by atoms with Gasteiger partial charge in [-0.05, 0) is 39.2 Å². The zero-order valence-corrected chi connectivity index (χ0v) is 17.1. The predicted molar refractivity (Wildman–Crippen MR) is 110 cm³/mol. The fourth-order valence-corrected chi connectivity index (χ4v) is 3.64. The predicted octanol–water partition coefficient (Wildman–Crippen LogP) is 3.88. The molecule has 25 heavy (non-hydrogen) atoms. The highest BCUT2D eigenvalue weighted by atomic mass is 79.9. The van der Waals surface area contributed by atoms with Crippen molar-refractivity contribution in [2.45, 2.75) is 12.3 Å². The number of halogens is 2. The van der Waals surface area contributed by atoms with Crippen molar-refractivity contribution in [2.24, 2.45) is 5.73 Å². The summed E-state index contributed by atoms with van der Waals surface area (Å²) in [6.07, 6.45) is 0. The minimum atomic E-state index is -0.506. The van der Waals surface area contributed by atoms with Crippen molar-refractivity contribution in [1.82, 2.24) is 0 Å². The maximum Gasteiger partial charge on any atom is 0.299 e. The van der Waals surface area contributed by atoms with Gasteiger partial charge in [-0.25, -0.2) is 0 Å². The van der Waals surface area contributed by atoms with Gasteiger partial charge >= 0.3 is 0 Å². The van der Waals surface area contributed by atoms with Gasteiger partial charge in [0, 0.05) is 10.2 Å². The van der Waals surface area contributed by atoms with Crippen molar-refractivity contribution < 1.29 is 9.59 Å². The van der Waals surface area contributed by atoms with E-state index in [1.165, 1.54) is 16.7 Å². The van der Waals surface area contributed by atoms with Gasteiger partial charge in [-0.2, -0.15) is 0 Å². The maximum absolute atomic E-state index is 12.3. The summed E-state index contributed by atoms with van der Waals surface area (Å²) < 4.78 is 0.730. The van der Waals surface area contributed by atoms with E-state index in [0.717, 1.165) is 15.6 Å². The summed E-state index contributed by atoms with van der Waals surface area (Å²) in [4.78, 5) is 25.9. The van der Waals surface area contributed by atoms with E-state index in [-0.39, 0.29) is 22.1 Å². The molecule has 1 aliphatic rings. The zero-order valence-electron chi connectivity index (χ0n) is 13.0. The highest BCUT2D eigenvalue weighted by Gasteiger charge is 2.37. The fourth-order valence-electron chi connectivity index (χ4n) is 2.55. The molecule has 0 atom stereocenters. The second kappa shape index (κ2) is 8.16. The second-order valence-electron chi connectivity index (χ2n) is 5.33. The van der Waals surface area contributed by atoms with Crippen molar-refractivity contribution in [1.29, 1.82) is 5.41 Å². The van der Waals surface area contributed by atoms with Gasteiger partial charge < -0.3 is 5.73 Å². The molecule has 3 N–H and O–H groups in total. The van der Waals surface area contributed by atoms with Crippen LogP contribution in [0.5, 0.6) is 0 Å². The summed E-state index contributed by atoms with van der Waals surface area (Å²) in [6.45, 7) is 0.334. The summed E-state index contributed by atoms with van der Waals surface area (Å²) in [6, 6.07) is 13.0. The molecule has 2 aromatic rings. The number of nitrogens with zero attached hydrogens (tertiary/aromatic N) is 1. The number of nitrogens with one attached hydrogen (secondary N) is 1. The smallest absolute Gasteiger partial charge is 0.299 e. The van der Waals surface area contributed by atoms with Gasteiger partial charge in [0.15, 0.2) is 5.17 Å². The van der Waals surface area contributed by atoms with Gasteiger partial charge in [0.2, 0.25) is 0 Å². The molecule has 0 unspecified atom stereocenters. The lowest BCUT2D eigenvalue weighted by Gasteiger charge is -2.18. The number of amidine groups is 1. The Kier molecular flexibility index (Phi) is 6.42. The van der Waals surface area contributed by atoms with E-state index < -0.39 is 11.7 Å². The Morgan fingerprint density at radius 3 is 2.40 bits per heavy atom. The van der Waals surface area contributed by atoms with E-state index in [1.807, 2.05) is 30.3 Å². The van der Waals surface area contributed by atoms with Gasteiger partial charge in [0.05, 0.1) is 17.8 Å². The first-order valence-corrected chi connectivity index (χ1v) is 8.94. The molecule has 130 valence electrons. The number of Topliss-reactive ketones (excluding diaryl/α,β-unsaturated/α-hetero) is 1. The molecule has 0 saturated carbocycles. The quantitative estimate of drug-likeness (QED) is 0.391. The lowest BCUT2D eigenvalue weighted by Crippen LogP contribution is -2.29. The minimum absolute atomic E-state index is 0. The second-order valence-corrected chi connectivity index (χ2v) is 7.20. The molecule has 0 bridgehead atoms. The van der Waals surface area contributed by atoms with Crippen LogP contribution in [0.25, 0.3) is 0 Å². The fraction of sp³-hybridized carbons (Fsp3) is 0.118. The van der Waals surface area contributed by atoms with E-state index in [0.29, 0.717) is 23.5 Å². The number of nitrogens with two attached hydrogens (primary N) is 1. The molecule has 8 heteroatoms. The first kappa shape index (κ1) is 19.7. The SMILES string of the molecule is Br.N=C(N)SCc1ccc(CN2C(=O)C(=O)c3cccc(Br)c32)cc1. The number of carbonyl (C=O) groups excluding carboxylic acids is 2. The Morgan fingerprint density at radius 2 is 1.76 bits per heavy atom. The monoisotopic (exact) mass is 483 g/mol. The van der Waals surface area contributed by atoms with Gasteiger partial charge in [-0.15, -0.1) is 17.0 Å². The zero-order chi connectivity index (χ0) is 17.3. The van der Waals surface area contributed by atoms with Crippen LogP contribution in [0.4, 0.5) is 5.69 Å². The molecular weight excluding hydrogens is 470 g/mol. The molecule has 1 heterocycles. The lowest BCUT2D eigenvalue weighted by molar-refractivity contribution is -0.114. The van der Waals surface area contributed by atoms with Gasteiger partial charge in [0.25, 0.3) is 11.7 Å². The number of anilines is 1. The van der Waals surface area contributed by atoms with E-state index in [1.54, 1.807) is 12.1 Å². The summed E-state index contributed by atoms with van der Waals surface area (Å²) >= 11 is 4.68. The molecule has 0 aliphatic carbocycles. The van der Waals surface area contributed by atoms with Crippen LogP contribution in [0.15, 0.2) is 46.9 Å². The number of rotatable bonds is 4. The average molecular weight is 485 g/mol. The van der Waals surface area contributed by atoms with Crippen molar-refractivity contribution in [3.63, 3.8) is 0 Å². The molecule has 1 amide bonds. The van der Waals surface area contributed by atoms with E-state index >= 15 is 0 Å². The molecule has 0 saturated heterocycles. The largest absolute Gasteiger partial charge is 0.379 e. The number of hydrogen-bond acceptors (Lipinski definition) is 4. The molecule has 0 spiro atoms. The summed E-state index contributed by atoms with van der Waals surface area (Å²) in [5, 5.41) is 7.31. The topological polar surface area (TPSA) is 87.2 Å². The Hall–Kier alpha value is -1.64. The standard InChI is InChI=1S/C17H14BrN3O2S.BrH/c18-13-3-1-2-12-14(13)21(16(23)15(12)22)8-10-4-6-11(7-5-10)9-24-17(19)20;/h1-7H,8-9H2,(H3,19,20);1H. The molecule has 0 aromatic heterocycles.